The molecule has 11 heteroatoms. The van der Waals surface area contributed by atoms with E-state index in [9.17, 15) is 13.2 Å². The van der Waals surface area contributed by atoms with E-state index in [1.165, 1.54) is 15.9 Å². The number of rotatable bonds is 6. The van der Waals surface area contributed by atoms with Gasteiger partial charge in [0, 0.05) is 12.1 Å². The number of ether oxygens (including phenoxy) is 2. The number of methoxy groups -OCH3 is 1. The second-order valence-electron chi connectivity index (χ2n) is 7.33. The first kappa shape index (κ1) is 21.4. The maximum absolute atomic E-state index is 13.4. The number of nitrogens with one attached hydrogen (secondary N) is 1. The molecular weight excluding hydrogens is 464 g/mol. The lowest BCUT2D eigenvalue weighted by atomic mass is 10.1. The summed E-state index contributed by atoms with van der Waals surface area (Å²) in [4.78, 5) is 22.2. The molecule has 0 radical (unpaired) electrons. The number of hydrogen-bond donors (Lipinski definition) is 1. The van der Waals surface area contributed by atoms with Crippen LogP contribution in [0.25, 0.3) is 21.5 Å². The number of hydrogen-bond acceptors (Lipinski definition) is 8. The highest BCUT2D eigenvalue weighted by Gasteiger charge is 2.35. The Bertz CT molecular complexity index is 1470. The molecule has 1 N–H and O–H groups in total. The monoisotopic (exact) mass is 484 g/mol. The van der Waals surface area contributed by atoms with Gasteiger partial charge in [-0.2, -0.15) is 0 Å². The van der Waals surface area contributed by atoms with Gasteiger partial charge in [0.1, 0.15) is 22.9 Å². The number of carbonyl (C=O) groups is 1. The molecule has 0 fully saturated rings. The Kier molecular flexibility index (Phi) is 5.29. The largest absolute Gasteiger partial charge is 0.497 e. The van der Waals surface area contributed by atoms with E-state index in [1.54, 1.807) is 31.4 Å². The molecule has 1 amide bonds. The number of imidazole rings is 1. The van der Waals surface area contributed by atoms with Gasteiger partial charge in [-0.3, -0.25) is 10.1 Å². The second kappa shape index (κ2) is 8.16. The summed E-state index contributed by atoms with van der Waals surface area (Å²) in [5, 5.41) is 3.13. The zero-order valence-corrected chi connectivity index (χ0v) is 19.5. The van der Waals surface area contributed by atoms with Gasteiger partial charge in [-0.1, -0.05) is 11.3 Å². The van der Waals surface area contributed by atoms with Gasteiger partial charge in [0.05, 0.1) is 29.7 Å². The Labute approximate surface area is 193 Å². The first-order chi connectivity index (χ1) is 15.9. The molecule has 4 aromatic rings. The van der Waals surface area contributed by atoms with Crippen molar-refractivity contribution < 1.29 is 22.7 Å². The average Bonchev–Trinajstić information content (AvgIpc) is 3.46. The van der Waals surface area contributed by atoms with E-state index >= 15 is 0 Å². The van der Waals surface area contributed by atoms with Crippen LogP contribution in [0.3, 0.4) is 0 Å². The quantitative estimate of drug-likeness (QED) is 0.445. The molecule has 1 aliphatic rings. The zero-order chi connectivity index (χ0) is 23.2. The van der Waals surface area contributed by atoms with Crippen LogP contribution in [0.4, 0.5) is 5.13 Å². The lowest BCUT2D eigenvalue weighted by Crippen LogP contribution is -2.17. The van der Waals surface area contributed by atoms with E-state index in [0.717, 1.165) is 16.0 Å². The Balaban J connectivity index is 1.54. The minimum absolute atomic E-state index is 0.0835. The number of sulfone groups is 1. The van der Waals surface area contributed by atoms with Crippen LogP contribution in [0.5, 0.6) is 11.5 Å². The lowest BCUT2D eigenvalue weighted by Gasteiger charge is -2.07. The molecule has 0 saturated heterocycles. The summed E-state index contributed by atoms with van der Waals surface area (Å²) >= 11 is 1.32. The van der Waals surface area contributed by atoms with Crippen molar-refractivity contribution in [1.82, 2.24) is 14.5 Å². The average molecular weight is 485 g/mol. The van der Waals surface area contributed by atoms with Gasteiger partial charge in [0.2, 0.25) is 15.0 Å². The molecule has 9 nitrogen and oxygen atoms in total. The van der Waals surface area contributed by atoms with Crippen LogP contribution in [0.2, 0.25) is 0 Å². The third-order valence-corrected chi connectivity index (χ3v) is 7.79. The number of amides is 1. The number of carbonyl (C=O) groups excluding carboxylic acids is 1. The first-order valence-electron chi connectivity index (χ1n) is 10.2. The fourth-order valence-electron chi connectivity index (χ4n) is 3.73. The van der Waals surface area contributed by atoms with Gasteiger partial charge in [0.15, 0.2) is 5.13 Å². The zero-order valence-electron chi connectivity index (χ0n) is 17.9. The second-order valence-corrected chi connectivity index (χ2v) is 10.4. The predicted molar refractivity (Wildman–Crippen MR) is 125 cm³/mol. The summed E-state index contributed by atoms with van der Waals surface area (Å²) in [6, 6.07) is 12.5. The molecule has 0 atom stereocenters. The van der Waals surface area contributed by atoms with Gasteiger partial charge in [0.25, 0.3) is 5.91 Å². The van der Waals surface area contributed by atoms with Crippen LogP contribution in [0, 0.1) is 0 Å². The lowest BCUT2D eigenvalue weighted by molar-refractivity contribution is 0.101. The van der Waals surface area contributed by atoms with Crippen LogP contribution in [-0.2, 0) is 16.4 Å². The first-order valence-corrected chi connectivity index (χ1v) is 12.7. The summed E-state index contributed by atoms with van der Waals surface area (Å²) in [5.74, 6) is 0.817. The highest BCUT2D eigenvalue weighted by atomic mass is 32.2. The third-order valence-electron chi connectivity index (χ3n) is 5.26. The highest BCUT2D eigenvalue weighted by Crippen LogP contribution is 2.33. The molecule has 1 aliphatic heterocycles. The van der Waals surface area contributed by atoms with Gasteiger partial charge in [-0.15, -0.1) is 0 Å². The summed E-state index contributed by atoms with van der Waals surface area (Å²) in [6.45, 7) is 2.63. The SMILES string of the molecule is CCOc1ccc2nc(NC(=O)c3c(-c4ccc(OC)cc4)nc4n3CCS4(=O)=O)sc2c1. The van der Waals surface area contributed by atoms with Gasteiger partial charge < -0.3 is 14.0 Å². The van der Waals surface area contributed by atoms with E-state index in [0.29, 0.717) is 28.7 Å². The van der Waals surface area contributed by atoms with Crippen molar-refractivity contribution in [2.75, 3.05) is 24.8 Å². The van der Waals surface area contributed by atoms with Crippen LogP contribution in [0.15, 0.2) is 47.6 Å². The van der Waals surface area contributed by atoms with E-state index < -0.39 is 15.7 Å². The molecular formula is C22H20N4O5S2. The molecule has 0 saturated carbocycles. The van der Waals surface area contributed by atoms with E-state index in [-0.39, 0.29) is 23.1 Å². The summed E-state index contributed by atoms with van der Waals surface area (Å²) in [5.41, 5.74) is 1.83. The van der Waals surface area contributed by atoms with Gasteiger partial charge in [-0.25, -0.2) is 18.4 Å². The van der Waals surface area contributed by atoms with Crippen molar-refractivity contribution >= 4 is 42.4 Å². The Morgan fingerprint density at radius 3 is 2.64 bits per heavy atom. The molecule has 0 unspecified atom stereocenters. The van der Waals surface area contributed by atoms with Crippen LogP contribution in [-0.4, -0.2) is 48.3 Å². The fourth-order valence-corrected chi connectivity index (χ4v) is 5.98. The number of benzene rings is 2. The van der Waals surface area contributed by atoms with Crippen molar-refractivity contribution in [1.29, 1.82) is 0 Å². The normalized spacial score (nSPS) is 14.2. The van der Waals surface area contributed by atoms with E-state index in [4.69, 9.17) is 9.47 Å². The number of aromatic nitrogens is 3. The standard InChI is InChI=1S/C22H20N4O5S2/c1-3-31-15-8-9-16-17(12-15)32-21(23-16)25-20(27)19-18(13-4-6-14(30-2)7-5-13)24-22-26(19)10-11-33(22,28)29/h4-9,12H,3,10-11H2,1-2H3,(H,23,25,27). The van der Waals surface area contributed by atoms with E-state index in [1.807, 2.05) is 25.1 Å². The maximum Gasteiger partial charge on any atom is 0.276 e. The number of nitrogens with zero attached hydrogens (tertiary/aromatic N) is 3. The number of thiazole rings is 1. The van der Waals surface area contributed by atoms with Gasteiger partial charge >= 0.3 is 0 Å². The van der Waals surface area contributed by atoms with E-state index in [2.05, 4.69) is 15.3 Å². The molecule has 2 aromatic heterocycles. The maximum atomic E-state index is 13.4. The smallest absolute Gasteiger partial charge is 0.276 e. The molecule has 33 heavy (non-hydrogen) atoms. The minimum atomic E-state index is -3.54. The third kappa shape index (κ3) is 3.83. The van der Waals surface area contributed by atoms with Crippen LogP contribution >= 0.6 is 11.3 Å². The topological polar surface area (TPSA) is 112 Å². The summed E-state index contributed by atoms with van der Waals surface area (Å²) in [7, 11) is -1.99. The van der Waals surface area contributed by atoms with Crippen molar-refractivity contribution in [3.8, 4) is 22.8 Å². The van der Waals surface area contributed by atoms with Crippen molar-refractivity contribution in [3.05, 3.63) is 48.2 Å². The summed E-state index contributed by atoms with van der Waals surface area (Å²) < 4.78 is 38.0. The highest BCUT2D eigenvalue weighted by molar-refractivity contribution is 7.91. The predicted octanol–water partition coefficient (Wildman–Crippen LogP) is 3.61. The Morgan fingerprint density at radius 1 is 1.15 bits per heavy atom. The molecule has 2 aromatic carbocycles. The van der Waals surface area contributed by atoms with Crippen molar-refractivity contribution in [2.45, 2.75) is 18.6 Å². The van der Waals surface area contributed by atoms with Crippen molar-refractivity contribution in [2.24, 2.45) is 0 Å². The Hall–Kier alpha value is -3.44. The number of fused-ring (bicyclic) bond motifs is 2. The molecule has 170 valence electrons. The molecule has 0 bridgehead atoms. The van der Waals surface area contributed by atoms with Crippen molar-refractivity contribution in [3.63, 3.8) is 0 Å². The summed E-state index contributed by atoms with van der Waals surface area (Å²) in [6.07, 6.45) is 0. The van der Waals surface area contributed by atoms with Crippen LogP contribution < -0.4 is 14.8 Å². The molecule has 0 spiro atoms. The fraction of sp³-hybridized carbons (Fsp3) is 0.227. The molecule has 0 aliphatic carbocycles. The number of anilines is 1. The molecule has 5 rings (SSSR count). The Morgan fingerprint density at radius 2 is 1.91 bits per heavy atom. The molecule has 3 heterocycles. The minimum Gasteiger partial charge on any atom is -0.497 e. The van der Waals surface area contributed by atoms with Crippen LogP contribution in [0.1, 0.15) is 17.4 Å². The van der Waals surface area contributed by atoms with Gasteiger partial charge in [-0.05, 0) is 49.4 Å².